The Balaban J connectivity index is 1.31. The third-order valence-corrected chi connectivity index (χ3v) is 6.03. The number of hydrogen-bond donors (Lipinski definition) is 1. The number of rotatable bonds is 25. The fourth-order valence-corrected chi connectivity index (χ4v) is 3.90. The number of ether oxygens (including phenoxy) is 6. The maximum atomic E-state index is 11.0. The second-order valence-corrected chi connectivity index (χ2v) is 9.51. The molecule has 0 radical (unpaired) electrons. The van der Waals surface area contributed by atoms with Gasteiger partial charge in [0.2, 0.25) is 5.91 Å². The van der Waals surface area contributed by atoms with Gasteiger partial charge in [0.05, 0.1) is 52.9 Å². The van der Waals surface area contributed by atoms with Crippen LogP contribution in [0, 0.1) is 0 Å². The van der Waals surface area contributed by atoms with E-state index in [1.165, 1.54) is 51.0 Å². The number of benzene rings is 2. The highest BCUT2D eigenvalue weighted by atomic mass is 16.6. The summed E-state index contributed by atoms with van der Waals surface area (Å²) in [6.45, 7) is 8.78. The number of carbonyl (C=O) groups excluding carboxylic acids is 1. The molecule has 0 fully saturated rings. The summed E-state index contributed by atoms with van der Waals surface area (Å²) in [7, 11) is 0. The molecular weight excluding hydrogens is 510 g/mol. The van der Waals surface area contributed by atoms with Crippen LogP contribution in [0.2, 0.25) is 0 Å². The first-order chi connectivity index (χ1) is 19.7. The van der Waals surface area contributed by atoms with Crippen LogP contribution in [0.4, 0.5) is 5.69 Å². The van der Waals surface area contributed by atoms with Crippen molar-refractivity contribution >= 4 is 11.6 Å². The zero-order valence-electron chi connectivity index (χ0n) is 24.5. The lowest BCUT2D eigenvalue weighted by atomic mass is 10.0. The number of hydrogen-bond acceptors (Lipinski definition) is 7. The molecule has 40 heavy (non-hydrogen) atoms. The Labute approximate surface area is 240 Å². The van der Waals surface area contributed by atoms with E-state index in [4.69, 9.17) is 28.4 Å². The maximum absolute atomic E-state index is 11.0. The molecule has 2 aromatic rings. The van der Waals surface area contributed by atoms with Gasteiger partial charge in [-0.05, 0) is 54.8 Å². The second-order valence-electron chi connectivity index (χ2n) is 9.51. The number of anilines is 1. The summed E-state index contributed by atoms with van der Waals surface area (Å²) < 4.78 is 33.5. The molecule has 0 saturated carbocycles. The van der Waals surface area contributed by atoms with Crippen molar-refractivity contribution in [3.8, 4) is 11.5 Å². The Bertz CT molecular complexity index is 874. The van der Waals surface area contributed by atoms with Gasteiger partial charge in [-0.15, -0.1) is 0 Å². The quantitative estimate of drug-likeness (QED) is 0.148. The molecule has 224 valence electrons. The highest BCUT2D eigenvalue weighted by Gasteiger charge is 1.99. The summed E-state index contributed by atoms with van der Waals surface area (Å²) in [6.07, 6.45) is 9.09. The van der Waals surface area contributed by atoms with Gasteiger partial charge < -0.3 is 33.7 Å². The molecule has 8 nitrogen and oxygen atoms in total. The van der Waals surface area contributed by atoms with E-state index in [0.717, 1.165) is 23.6 Å². The average molecular weight is 560 g/mol. The summed E-state index contributed by atoms with van der Waals surface area (Å²) >= 11 is 0. The minimum Gasteiger partial charge on any atom is -0.491 e. The summed E-state index contributed by atoms with van der Waals surface area (Å²) in [5, 5.41) is 2.72. The van der Waals surface area contributed by atoms with Gasteiger partial charge in [0.1, 0.15) is 24.7 Å². The predicted molar refractivity (Wildman–Crippen MR) is 159 cm³/mol. The molecule has 8 heteroatoms. The molecule has 0 atom stereocenters. The molecule has 1 N–H and O–H groups in total. The molecule has 0 aliphatic rings. The van der Waals surface area contributed by atoms with Crippen molar-refractivity contribution in [3.05, 3.63) is 54.1 Å². The van der Waals surface area contributed by atoms with Crippen molar-refractivity contribution < 1.29 is 33.2 Å². The van der Waals surface area contributed by atoms with Crippen molar-refractivity contribution in [2.45, 2.75) is 58.8 Å². The Kier molecular flexibility index (Phi) is 19.4. The molecule has 0 aliphatic heterocycles. The summed E-state index contributed by atoms with van der Waals surface area (Å²) in [5.41, 5.74) is 2.12. The van der Waals surface area contributed by atoms with E-state index in [-0.39, 0.29) is 5.91 Å². The minimum atomic E-state index is -0.0998. The van der Waals surface area contributed by atoms with E-state index in [1.807, 2.05) is 24.3 Å². The van der Waals surface area contributed by atoms with Crippen LogP contribution in [-0.2, 0) is 30.2 Å². The zero-order chi connectivity index (χ0) is 28.5. The van der Waals surface area contributed by atoms with Gasteiger partial charge >= 0.3 is 0 Å². The van der Waals surface area contributed by atoms with Crippen LogP contribution in [0.3, 0.4) is 0 Å². The van der Waals surface area contributed by atoms with E-state index >= 15 is 0 Å². The lowest BCUT2D eigenvalue weighted by molar-refractivity contribution is -0.114. The third-order valence-electron chi connectivity index (χ3n) is 6.03. The fraction of sp³-hybridized carbons (Fsp3) is 0.594. The highest BCUT2D eigenvalue weighted by Crippen LogP contribution is 2.16. The van der Waals surface area contributed by atoms with E-state index in [2.05, 4.69) is 24.4 Å². The second kappa shape index (κ2) is 23.1. The van der Waals surface area contributed by atoms with Crippen LogP contribution in [0.25, 0.3) is 0 Å². The van der Waals surface area contributed by atoms with Gasteiger partial charge in [0, 0.05) is 12.6 Å². The SMILES string of the molecule is CCCCCCCCc1ccc(OCCOCCOCCOCCOCCOc2ccc(NC(C)=O)cc2)cc1. The average Bonchev–Trinajstić information content (AvgIpc) is 2.96. The largest absolute Gasteiger partial charge is 0.491 e. The molecule has 0 spiro atoms. The minimum absolute atomic E-state index is 0.0998. The van der Waals surface area contributed by atoms with Crippen molar-refractivity contribution in [3.63, 3.8) is 0 Å². The summed E-state index contributed by atoms with van der Waals surface area (Å²) in [6, 6.07) is 15.6. The summed E-state index contributed by atoms with van der Waals surface area (Å²) in [4.78, 5) is 11.0. The highest BCUT2D eigenvalue weighted by molar-refractivity contribution is 5.88. The molecule has 0 saturated heterocycles. The van der Waals surface area contributed by atoms with Gasteiger partial charge in [0.15, 0.2) is 0 Å². The molecule has 1 amide bonds. The van der Waals surface area contributed by atoms with Crippen LogP contribution < -0.4 is 14.8 Å². The van der Waals surface area contributed by atoms with Gasteiger partial charge in [-0.3, -0.25) is 4.79 Å². The van der Waals surface area contributed by atoms with Crippen LogP contribution in [0.1, 0.15) is 57.9 Å². The van der Waals surface area contributed by atoms with Gasteiger partial charge in [-0.1, -0.05) is 51.2 Å². The fourth-order valence-electron chi connectivity index (χ4n) is 3.90. The molecule has 0 aliphatic carbocycles. The first-order valence-corrected chi connectivity index (χ1v) is 14.7. The summed E-state index contributed by atoms with van der Waals surface area (Å²) in [5.74, 6) is 1.51. The van der Waals surface area contributed by atoms with Crippen LogP contribution in [0.5, 0.6) is 11.5 Å². The molecular formula is C32H49NO7. The van der Waals surface area contributed by atoms with Crippen molar-refractivity contribution in [2.24, 2.45) is 0 Å². The van der Waals surface area contributed by atoms with Gasteiger partial charge in [-0.2, -0.15) is 0 Å². The van der Waals surface area contributed by atoms with E-state index in [0.29, 0.717) is 66.1 Å². The van der Waals surface area contributed by atoms with E-state index in [1.54, 1.807) is 12.1 Å². The number of amides is 1. The molecule has 0 aromatic heterocycles. The lowest BCUT2D eigenvalue weighted by Crippen LogP contribution is -2.14. The van der Waals surface area contributed by atoms with Crippen molar-refractivity contribution in [1.29, 1.82) is 0 Å². The van der Waals surface area contributed by atoms with Crippen LogP contribution >= 0.6 is 0 Å². The van der Waals surface area contributed by atoms with Crippen LogP contribution in [-0.4, -0.2) is 72.0 Å². The smallest absolute Gasteiger partial charge is 0.221 e. The monoisotopic (exact) mass is 559 g/mol. The first-order valence-electron chi connectivity index (χ1n) is 14.7. The Hall–Kier alpha value is -2.65. The number of carbonyl (C=O) groups is 1. The van der Waals surface area contributed by atoms with Crippen molar-refractivity contribution in [1.82, 2.24) is 0 Å². The first kappa shape index (κ1) is 33.6. The number of nitrogens with one attached hydrogen (secondary N) is 1. The molecule has 0 unspecified atom stereocenters. The molecule has 2 aromatic carbocycles. The molecule has 2 rings (SSSR count). The maximum Gasteiger partial charge on any atom is 0.221 e. The molecule has 0 heterocycles. The lowest BCUT2D eigenvalue weighted by Gasteiger charge is -2.09. The normalized spacial score (nSPS) is 10.9. The third kappa shape index (κ3) is 17.8. The Morgan fingerprint density at radius 1 is 0.575 bits per heavy atom. The van der Waals surface area contributed by atoms with Gasteiger partial charge in [-0.25, -0.2) is 0 Å². The zero-order valence-corrected chi connectivity index (χ0v) is 24.5. The van der Waals surface area contributed by atoms with E-state index < -0.39 is 0 Å². The Morgan fingerprint density at radius 2 is 1.00 bits per heavy atom. The number of aryl methyl sites for hydroxylation is 1. The predicted octanol–water partition coefficient (Wildman–Crippen LogP) is 6.07. The molecule has 0 bridgehead atoms. The van der Waals surface area contributed by atoms with E-state index in [9.17, 15) is 4.79 Å². The standard InChI is InChI=1S/C32H49NO7/c1-3-4-5-6-7-8-9-29-10-14-31(15-11-29)39-26-24-37-22-20-35-18-19-36-21-23-38-25-27-40-32-16-12-30(13-17-32)33-28(2)34/h10-17H,3-9,18-27H2,1-2H3,(H,33,34). The Morgan fingerprint density at radius 3 is 1.48 bits per heavy atom. The topological polar surface area (TPSA) is 84.5 Å². The van der Waals surface area contributed by atoms with Crippen LogP contribution in [0.15, 0.2) is 48.5 Å². The van der Waals surface area contributed by atoms with Gasteiger partial charge in [0.25, 0.3) is 0 Å². The van der Waals surface area contributed by atoms with Crippen molar-refractivity contribution in [2.75, 3.05) is 71.4 Å². The number of unbranched alkanes of at least 4 members (excludes halogenated alkanes) is 5.